The second kappa shape index (κ2) is 8.38. The van der Waals surface area contributed by atoms with E-state index in [4.69, 9.17) is 22.3 Å². The predicted octanol–water partition coefficient (Wildman–Crippen LogP) is 3.38. The van der Waals surface area contributed by atoms with Gasteiger partial charge in [-0.2, -0.15) is 0 Å². The third-order valence-electron chi connectivity index (χ3n) is 5.88. The first-order chi connectivity index (χ1) is 15.4. The lowest BCUT2D eigenvalue weighted by Gasteiger charge is -2.31. The molecular formula is C20H23ClN8O2S. The topological polar surface area (TPSA) is 130 Å². The van der Waals surface area contributed by atoms with Gasteiger partial charge >= 0.3 is 5.69 Å². The number of nitrogens with one attached hydrogen (secondary N) is 1. The zero-order chi connectivity index (χ0) is 22.4. The van der Waals surface area contributed by atoms with Gasteiger partial charge in [-0.1, -0.05) is 18.5 Å². The molecule has 2 fully saturated rings. The Morgan fingerprint density at radius 3 is 2.75 bits per heavy atom. The summed E-state index contributed by atoms with van der Waals surface area (Å²) >= 11 is 7.89. The van der Waals surface area contributed by atoms with Crippen molar-refractivity contribution in [2.75, 3.05) is 36.0 Å². The van der Waals surface area contributed by atoms with Crippen LogP contribution in [-0.4, -0.2) is 57.1 Å². The molecule has 0 radical (unpaired) electrons. The van der Waals surface area contributed by atoms with Crippen LogP contribution in [0.3, 0.4) is 0 Å². The largest absolute Gasteiger partial charge is 0.354 e. The molecule has 168 valence electrons. The first kappa shape index (κ1) is 21.2. The minimum absolute atomic E-state index is 0.00212. The molecule has 3 N–H and O–H groups in total. The Kier molecular flexibility index (Phi) is 5.56. The first-order valence-electron chi connectivity index (χ1n) is 10.6. The molecule has 0 aliphatic carbocycles. The molecule has 1 atom stereocenters. The molecule has 5 rings (SSSR count). The van der Waals surface area contributed by atoms with Gasteiger partial charge in [0.15, 0.2) is 5.16 Å². The second-order valence-electron chi connectivity index (χ2n) is 8.03. The second-order valence-corrected chi connectivity index (χ2v) is 9.45. The Morgan fingerprint density at radius 1 is 1.31 bits per heavy atom. The van der Waals surface area contributed by atoms with Gasteiger partial charge in [-0.3, -0.25) is 10.1 Å². The van der Waals surface area contributed by atoms with Crippen molar-refractivity contribution >= 4 is 51.7 Å². The van der Waals surface area contributed by atoms with E-state index in [1.165, 1.54) is 11.8 Å². The van der Waals surface area contributed by atoms with Gasteiger partial charge in [0.25, 0.3) is 0 Å². The monoisotopic (exact) mass is 474 g/mol. The van der Waals surface area contributed by atoms with Crippen molar-refractivity contribution in [2.45, 2.75) is 42.3 Å². The summed E-state index contributed by atoms with van der Waals surface area (Å²) in [6.07, 6.45) is 4.28. The molecule has 32 heavy (non-hydrogen) atoms. The standard InChI is InChI=1S/C20H23ClN8O2S/c1-2-13-16(21)15-17(24-13)25-20(26-19(15)28-7-4-11(22)10-28)32-12-8-14(29(30)31)18(23-9-12)27-5-3-6-27/h8-9,11H,2-7,10,22H2,1H3,(H,24,25,26)/t11-/m0/s1. The summed E-state index contributed by atoms with van der Waals surface area (Å²) in [4.78, 5) is 33.0. The van der Waals surface area contributed by atoms with E-state index in [9.17, 15) is 10.1 Å². The van der Waals surface area contributed by atoms with Crippen LogP contribution in [0.1, 0.15) is 25.5 Å². The highest BCUT2D eigenvalue weighted by Crippen LogP contribution is 2.39. The summed E-state index contributed by atoms with van der Waals surface area (Å²) in [7, 11) is 0. The van der Waals surface area contributed by atoms with Crippen LogP contribution < -0.4 is 15.5 Å². The van der Waals surface area contributed by atoms with Crippen molar-refractivity contribution in [2.24, 2.45) is 5.73 Å². The molecule has 2 saturated heterocycles. The molecule has 3 aromatic rings. The van der Waals surface area contributed by atoms with Crippen LogP contribution in [0.2, 0.25) is 5.02 Å². The van der Waals surface area contributed by atoms with Gasteiger partial charge in [0.1, 0.15) is 11.5 Å². The van der Waals surface area contributed by atoms with E-state index in [1.54, 1.807) is 12.3 Å². The van der Waals surface area contributed by atoms with E-state index in [2.05, 4.69) is 19.9 Å². The quantitative estimate of drug-likeness (QED) is 0.313. The zero-order valence-electron chi connectivity index (χ0n) is 17.5. The van der Waals surface area contributed by atoms with E-state index in [1.807, 2.05) is 11.8 Å². The smallest absolute Gasteiger partial charge is 0.312 e. The maximum absolute atomic E-state index is 11.6. The number of anilines is 2. The number of pyridine rings is 1. The first-order valence-corrected chi connectivity index (χ1v) is 11.8. The number of halogens is 1. The van der Waals surface area contributed by atoms with E-state index in [0.717, 1.165) is 55.8 Å². The van der Waals surface area contributed by atoms with Crippen LogP contribution in [0.5, 0.6) is 0 Å². The molecular weight excluding hydrogens is 452 g/mol. The van der Waals surface area contributed by atoms with E-state index in [-0.39, 0.29) is 16.7 Å². The number of hydrogen-bond donors (Lipinski definition) is 2. The maximum Gasteiger partial charge on any atom is 0.312 e. The molecule has 2 aliphatic rings. The van der Waals surface area contributed by atoms with E-state index in [0.29, 0.717) is 33.1 Å². The SMILES string of the molecule is CCc1[nH]c2nc(Sc3cnc(N4CCC4)c([N+](=O)[O-])c3)nc(N3CC[C@H](N)C3)c2c1Cl. The van der Waals surface area contributed by atoms with Gasteiger partial charge in [-0.15, -0.1) is 0 Å². The molecule has 0 aromatic carbocycles. The molecule has 0 bridgehead atoms. The third-order valence-corrected chi connectivity index (χ3v) is 7.13. The van der Waals surface area contributed by atoms with Crippen molar-refractivity contribution in [3.8, 4) is 0 Å². The number of hydrogen-bond acceptors (Lipinski definition) is 9. The predicted molar refractivity (Wildman–Crippen MR) is 125 cm³/mol. The third kappa shape index (κ3) is 3.74. The number of nitrogens with zero attached hydrogens (tertiary/aromatic N) is 6. The number of H-pyrrole nitrogens is 1. The van der Waals surface area contributed by atoms with Crippen LogP contribution in [0.4, 0.5) is 17.3 Å². The molecule has 0 spiro atoms. The number of fused-ring (bicyclic) bond motifs is 1. The van der Waals surface area contributed by atoms with Gasteiger partial charge in [0, 0.05) is 55.1 Å². The minimum Gasteiger partial charge on any atom is -0.354 e. The van der Waals surface area contributed by atoms with E-state index >= 15 is 0 Å². The summed E-state index contributed by atoms with van der Waals surface area (Å²) in [6, 6.07) is 1.63. The lowest BCUT2D eigenvalue weighted by Crippen LogP contribution is -2.38. The number of nitrogens with two attached hydrogens (primary N) is 1. The molecule has 3 aromatic heterocycles. The van der Waals surface area contributed by atoms with Crippen LogP contribution in [0, 0.1) is 10.1 Å². The number of aromatic amines is 1. The van der Waals surface area contributed by atoms with Gasteiger partial charge < -0.3 is 20.5 Å². The Morgan fingerprint density at radius 2 is 2.12 bits per heavy atom. The lowest BCUT2D eigenvalue weighted by atomic mass is 10.2. The van der Waals surface area contributed by atoms with Crippen molar-refractivity contribution in [1.29, 1.82) is 0 Å². The number of aryl methyl sites for hydroxylation is 1. The molecule has 0 unspecified atom stereocenters. The van der Waals surface area contributed by atoms with E-state index < -0.39 is 0 Å². The number of nitro groups is 1. The minimum atomic E-state index is -0.385. The van der Waals surface area contributed by atoms with Gasteiger partial charge in [-0.05, 0) is 31.0 Å². The Labute approximate surface area is 193 Å². The van der Waals surface area contributed by atoms with Gasteiger partial charge in [-0.25, -0.2) is 15.0 Å². The van der Waals surface area contributed by atoms with Crippen LogP contribution in [0.15, 0.2) is 22.3 Å². The fourth-order valence-corrected chi connectivity index (χ4v) is 5.17. The summed E-state index contributed by atoms with van der Waals surface area (Å²) in [6.45, 7) is 5.08. The summed E-state index contributed by atoms with van der Waals surface area (Å²) < 4.78 is 0. The molecule has 2 aliphatic heterocycles. The molecule has 5 heterocycles. The normalized spacial score (nSPS) is 18.4. The van der Waals surface area contributed by atoms with Gasteiger partial charge in [0.05, 0.1) is 15.3 Å². The molecule has 12 heteroatoms. The molecule has 0 amide bonds. The number of rotatable bonds is 6. The summed E-state index contributed by atoms with van der Waals surface area (Å²) in [5.41, 5.74) is 7.68. The Balaban J connectivity index is 1.54. The highest BCUT2D eigenvalue weighted by molar-refractivity contribution is 7.99. The Hall–Kier alpha value is -2.63. The summed E-state index contributed by atoms with van der Waals surface area (Å²) in [5.74, 6) is 1.16. The summed E-state index contributed by atoms with van der Waals surface area (Å²) in [5, 5.41) is 13.5. The van der Waals surface area contributed by atoms with Crippen molar-refractivity contribution in [3.63, 3.8) is 0 Å². The fourth-order valence-electron chi connectivity index (χ4n) is 4.06. The molecule has 10 nitrogen and oxygen atoms in total. The average molecular weight is 475 g/mol. The lowest BCUT2D eigenvalue weighted by molar-refractivity contribution is -0.384. The van der Waals surface area contributed by atoms with Gasteiger partial charge in [0.2, 0.25) is 5.82 Å². The zero-order valence-corrected chi connectivity index (χ0v) is 19.1. The maximum atomic E-state index is 11.6. The highest BCUT2D eigenvalue weighted by Gasteiger charge is 2.28. The highest BCUT2D eigenvalue weighted by atomic mass is 35.5. The Bertz CT molecular complexity index is 1200. The van der Waals surface area contributed by atoms with Crippen LogP contribution in [-0.2, 0) is 6.42 Å². The molecule has 0 saturated carbocycles. The number of aromatic nitrogens is 4. The van der Waals surface area contributed by atoms with Crippen molar-refractivity contribution in [3.05, 3.63) is 33.1 Å². The average Bonchev–Trinajstić information content (AvgIpc) is 3.30. The van der Waals surface area contributed by atoms with Crippen LogP contribution >= 0.6 is 23.4 Å². The van der Waals surface area contributed by atoms with Crippen LogP contribution in [0.25, 0.3) is 11.0 Å². The fraction of sp³-hybridized carbons (Fsp3) is 0.450. The van der Waals surface area contributed by atoms with Crippen molar-refractivity contribution < 1.29 is 4.92 Å². The van der Waals surface area contributed by atoms with Crippen molar-refractivity contribution in [1.82, 2.24) is 19.9 Å².